The van der Waals surface area contributed by atoms with Crippen molar-refractivity contribution in [3.63, 3.8) is 0 Å². The number of rotatable bonds is 14. The summed E-state index contributed by atoms with van der Waals surface area (Å²) in [6, 6.07) is 5.18. The minimum atomic E-state index is -0.650. The number of hydrogen-bond acceptors (Lipinski definition) is 8. The molecule has 2 aromatic rings. The highest BCUT2D eigenvalue weighted by molar-refractivity contribution is 6.03. The Labute approximate surface area is 263 Å². The summed E-state index contributed by atoms with van der Waals surface area (Å²) in [5, 5.41) is 20.0. The maximum atomic E-state index is 13.4. The van der Waals surface area contributed by atoms with Gasteiger partial charge in [0.25, 0.3) is 11.5 Å². The molecule has 1 aromatic carbocycles. The van der Waals surface area contributed by atoms with Crippen molar-refractivity contribution in [2.24, 2.45) is 5.92 Å². The smallest absolute Gasteiger partial charge is 0.259 e. The first kappa shape index (κ1) is 36.7. The minimum absolute atomic E-state index is 0.126. The second-order valence-electron chi connectivity index (χ2n) is 11.9. The lowest BCUT2D eigenvalue weighted by molar-refractivity contribution is 0.0657. The van der Waals surface area contributed by atoms with Gasteiger partial charge in [0.1, 0.15) is 0 Å². The maximum absolute atomic E-state index is 13.4. The number of carbonyl (C=O) groups is 2. The molecule has 44 heavy (non-hydrogen) atoms. The number of nitrogens with zero attached hydrogens (tertiary/aromatic N) is 2. The Hall–Kier alpha value is -3.47. The highest BCUT2D eigenvalue weighted by Gasteiger charge is 2.26. The van der Waals surface area contributed by atoms with Gasteiger partial charge in [-0.2, -0.15) is 0 Å². The number of likely N-dealkylation sites (tertiary alicyclic amines) is 1. The zero-order valence-electron chi connectivity index (χ0n) is 27.8. The van der Waals surface area contributed by atoms with Crippen LogP contribution in [0.2, 0.25) is 0 Å². The number of aliphatic hydroxyl groups excluding tert-OH is 1. The lowest BCUT2D eigenvalue weighted by Gasteiger charge is -2.35. The number of anilines is 2. The van der Waals surface area contributed by atoms with Gasteiger partial charge in [-0.3, -0.25) is 14.4 Å². The van der Waals surface area contributed by atoms with Crippen LogP contribution < -0.4 is 21.5 Å². The zero-order chi connectivity index (χ0) is 32.8. The monoisotopic (exact) mass is 610 g/mol. The summed E-state index contributed by atoms with van der Waals surface area (Å²) < 4.78 is 0. The number of aliphatic hydroxyl groups is 1. The standard InChI is InChI=1S/C31H46N6O4.C3H8/c1-7-20(2)16-32-17-25(39)18-34-27-8-11-33-30(40)29(27)22(4)35-28-15-23(19-38)26(14-21(28)3)31(41)37(6)24-9-12-36(5)13-10-24;1-3-2/h8,11,14-15,19-20,24-25,32,35,39H,4,7,9-10,12-13,16-18H2,1-3,5-6H3,(H2,33,34,40);3H2,1-2H3. The molecule has 10 nitrogen and oxygen atoms in total. The molecule has 1 aliphatic heterocycles. The second-order valence-corrected chi connectivity index (χ2v) is 11.9. The number of amides is 1. The Balaban J connectivity index is 0.00000216. The molecular formula is C34H54N6O4. The third-order valence-electron chi connectivity index (χ3n) is 7.96. The van der Waals surface area contributed by atoms with Crippen LogP contribution >= 0.6 is 0 Å². The van der Waals surface area contributed by atoms with Crippen LogP contribution in [-0.2, 0) is 0 Å². The average Bonchev–Trinajstić information content (AvgIpc) is 3.00. The van der Waals surface area contributed by atoms with E-state index in [9.17, 15) is 19.5 Å². The van der Waals surface area contributed by atoms with Crippen molar-refractivity contribution < 1.29 is 14.7 Å². The summed E-state index contributed by atoms with van der Waals surface area (Å²) in [4.78, 5) is 44.9. The number of aryl methyl sites for hydroxylation is 1. The van der Waals surface area contributed by atoms with Crippen molar-refractivity contribution in [1.29, 1.82) is 0 Å². The van der Waals surface area contributed by atoms with E-state index in [1.165, 1.54) is 12.6 Å². The third-order valence-corrected chi connectivity index (χ3v) is 7.96. The molecule has 1 fully saturated rings. The summed E-state index contributed by atoms with van der Waals surface area (Å²) in [7, 11) is 3.87. The van der Waals surface area contributed by atoms with Gasteiger partial charge >= 0.3 is 0 Å². The molecule has 1 amide bonds. The summed E-state index contributed by atoms with van der Waals surface area (Å²) in [6.45, 7) is 17.8. The van der Waals surface area contributed by atoms with Crippen molar-refractivity contribution >= 4 is 29.3 Å². The lowest BCUT2D eigenvalue weighted by Crippen LogP contribution is -2.44. The fourth-order valence-corrected chi connectivity index (χ4v) is 4.97. The van der Waals surface area contributed by atoms with Crippen LogP contribution in [0, 0.1) is 12.8 Å². The molecule has 1 aliphatic rings. The molecule has 10 heteroatoms. The molecule has 1 saturated heterocycles. The third kappa shape index (κ3) is 10.6. The summed E-state index contributed by atoms with van der Waals surface area (Å²) in [5.74, 6) is 0.345. The molecule has 0 saturated carbocycles. The van der Waals surface area contributed by atoms with Crippen LogP contribution in [0.5, 0.6) is 0 Å². The number of aromatic nitrogens is 1. The van der Waals surface area contributed by atoms with E-state index in [2.05, 4.69) is 67.2 Å². The molecule has 3 rings (SSSR count). The molecule has 2 heterocycles. The van der Waals surface area contributed by atoms with Gasteiger partial charge in [0.15, 0.2) is 6.29 Å². The van der Waals surface area contributed by atoms with Crippen molar-refractivity contribution in [3.05, 3.63) is 63.6 Å². The molecule has 2 unspecified atom stereocenters. The van der Waals surface area contributed by atoms with E-state index in [1.807, 2.05) is 6.92 Å². The summed E-state index contributed by atoms with van der Waals surface area (Å²) in [5.41, 5.74) is 2.71. The second kappa shape index (κ2) is 18.4. The summed E-state index contributed by atoms with van der Waals surface area (Å²) in [6.07, 6.45) is 5.66. The van der Waals surface area contributed by atoms with E-state index >= 15 is 0 Å². The SMILES string of the molecule is C=C(Nc1cc(C=O)c(C(=O)N(C)C2CCN(C)CC2)cc1C)c1c(NCC(O)CNCC(C)CC)cc[nH]c1=O.CCC. The Kier molecular flexibility index (Phi) is 15.3. The predicted octanol–water partition coefficient (Wildman–Crippen LogP) is 4.57. The van der Waals surface area contributed by atoms with Crippen LogP contribution in [-0.4, -0.2) is 91.0 Å². The van der Waals surface area contributed by atoms with Crippen molar-refractivity contribution in [2.45, 2.75) is 72.4 Å². The number of nitrogens with one attached hydrogen (secondary N) is 4. The molecular weight excluding hydrogens is 556 g/mol. The highest BCUT2D eigenvalue weighted by atomic mass is 16.3. The zero-order valence-corrected chi connectivity index (χ0v) is 27.8. The highest BCUT2D eigenvalue weighted by Crippen LogP contribution is 2.27. The van der Waals surface area contributed by atoms with Crippen molar-refractivity contribution in [1.82, 2.24) is 20.1 Å². The van der Waals surface area contributed by atoms with Gasteiger partial charge in [-0.1, -0.05) is 47.1 Å². The van der Waals surface area contributed by atoms with E-state index < -0.39 is 6.10 Å². The molecule has 0 bridgehead atoms. The van der Waals surface area contributed by atoms with Gasteiger partial charge in [0.2, 0.25) is 0 Å². The van der Waals surface area contributed by atoms with E-state index in [4.69, 9.17) is 0 Å². The van der Waals surface area contributed by atoms with Crippen LogP contribution in [0.3, 0.4) is 0 Å². The molecule has 244 valence electrons. The van der Waals surface area contributed by atoms with Crippen molar-refractivity contribution in [2.75, 3.05) is 57.5 Å². The largest absolute Gasteiger partial charge is 0.390 e. The average molecular weight is 611 g/mol. The Bertz CT molecular complexity index is 1290. The van der Waals surface area contributed by atoms with Crippen LogP contribution in [0.15, 0.2) is 35.8 Å². The van der Waals surface area contributed by atoms with Crippen LogP contribution in [0.1, 0.15) is 85.2 Å². The Morgan fingerprint density at radius 2 is 1.84 bits per heavy atom. The number of piperidine rings is 1. The first-order valence-corrected chi connectivity index (χ1v) is 15.8. The first-order chi connectivity index (χ1) is 21.0. The molecule has 0 spiro atoms. The Morgan fingerprint density at radius 3 is 2.45 bits per heavy atom. The van der Waals surface area contributed by atoms with Crippen LogP contribution in [0.4, 0.5) is 11.4 Å². The normalized spacial score (nSPS) is 15.0. The number of hydrogen-bond donors (Lipinski definition) is 5. The fourth-order valence-electron chi connectivity index (χ4n) is 4.97. The molecule has 5 N–H and O–H groups in total. The maximum Gasteiger partial charge on any atom is 0.259 e. The van der Waals surface area contributed by atoms with E-state index in [-0.39, 0.29) is 29.6 Å². The molecule has 0 aliphatic carbocycles. The lowest BCUT2D eigenvalue weighted by atomic mass is 9.99. The number of H-pyrrole nitrogens is 1. The quantitative estimate of drug-likeness (QED) is 0.197. The van der Waals surface area contributed by atoms with Gasteiger partial charge in [-0.05, 0) is 76.1 Å². The Morgan fingerprint density at radius 1 is 1.18 bits per heavy atom. The van der Waals surface area contributed by atoms with E-state index in [0.29, 0.717) is 46.9 Å². The van der Waals surface area contributed by atoms with Gasteiger partial charge in [-0.15, -0.1) is 0 Å². The number of aromatic amines is 1. The molecule has 1 aromatic heterocycles. The number of aldehydes is 1. The van der Waals surface area contributed by atoms with E-state index in [1.54, 1.807) is 30.1 Å². The predicted molar refractivity (Wildman–Crippen MR) is 182 cm³/mol. The number of pyridine rings is 1. The van der Waals surface area contributed by atoms with Gasteiger partial charge in [0.05, 0.1) is 22.9 Å². The number of benzene rings is 1. The van der Waals surface area contributed by atoms with Gasteiger partial charge in [-0.25, -0.2) is 0 Å². The van der Waals surface area contributed by atoms with Gasteiger partial charge < -0.3 is 35.8 Å². The minimum Gasteiger partial charge on any atom is -0.390 e. The fraction of sp³-hybridized carbons (Fsp3) is 0.559. The van der Waals surface area contributed by atoms with Crippen LogP contribution in [0.25, 0.3) is 5.70 Å². The first-order valence-electron chi connectivity index (χ1n) is 15.8. The topological polar surface area (TPSA) is 130 Å². The van der Waals surface area contributed by atoms with Crippen molar-refractivity contribution in [3.8, 4) is 0 Å². The molecule has 0 radical (unpaired) electrons. The molecule has 2 atom stereocenters. The van der Waals surface area contributed by atoms with E-state index in [0.717, 1.165) is 44.5 Å². The van der Waals surface area contributed by atoms with Gasteiger partial charge in [0, 0.05) is 49.3 Å². The summed E-state index contributed by atoms with van der Waals surface area (Å²) >= 11 is 0. The number of carbonyl (C=O) groups excluding carboxylic acids is 2.